The maximum absolute atomic E-state index is 9.51. The van der Waals surface area contributed by atoms with Crippen LogP contribution in [0.5, 0.6) is 0 Å². The van der Waals surface area contributed by atoms with E-state index in [4.69, 9.17) is 5.26 Å². The van der Waals surface area contributed by atoms with Crippen molar-refractivity contribution in [3.63, 3.8) is 0 Å². The van der Waals surface area contributed by atoms with Crippen molar-refractivity contribution in [3.05, 3.63) is 23.8 Å². The number of nitriles is 1. The molecule has 0 saturated heterocycles. The SMILES string of the molecule is CC(C#N)NC=O.Cc1c2cccc1-2. The lowest BCUT2D eigenvalue weighted by molar-refractivity contribution is -0.109. The van der Waals surface area contributed by atoms with E-state index in [2.05, 4.69) is 30.4 Å². The van der Waals surface area contributed by atoms with E-state index < -0.39 is 0 Å². The van der Waals surface area contributed by atoms with Crippen molar-refractivity contribution in [1.29, 1.82) is 5.26 Å². The van der Waals surface area contributed by atoms with Gasteiger partial charge in [0.05, 0.1) is 6.07 Å². The van der Waals surface area contributed by atoms with Crippen molar-refractivity contribution in [2.24, 2.45) is 0 Å². The quantitative estimate of drug-likeness (QED) is 0.728. The van der Waals surface area contributed by atoms with Gasteiger partial charge in [-0.1, -0.05) is 18.2 Å². The summed E-state index contributed by atoms with van der Waals surface area (Å²) < 4.78 is 0. The molecule has 0 saturated carbocycles. The van der Waals surface area contributed by atoms with E-state index in [1.807, 2.05) is 6.07 Å². The zero-order chi connectivity index (χ0) is 10.6. The van der Waals surface area contributed by atoms with Gasteiger partial charge in [0.25, 0.3) is 0 Å². The third kappa shape index (κ3) is 2.33. The van der Waals surface area contributed by atoms with Crippen LogP contribution in [0.3, 0.4) is 0 Å². The maximum atomic E-state index is 9.51. The van der Waals surface area contributed by atoms with Gasteiger partial charge < -0.3 is 5.32 Å². The average Bonchev–Trinajstić information content (AvgIpc) is 2.67. The highest BCUT2D eigenvalue weighted by Crippen LogP contribution is 2.40. The van der Waals surface area contributed by atoms with Gasteiger partial charge in [0.2, 0.25) is 6.41 Å². The number of hydrogen-bond acceptors (Lipinski definition) is 2. The van der Waals surface area contributed by atoms with Gasteiger partial charge in [-0.3, -0.25) is 4.79 Å². The van der Waals surface area contributed by atoms with Crippen molar-refractivity contribution in [2.75, 3.05) is 0 Å². The topological polar surface area (TPSA) is 52.9 Å². The molecule has 0 aromatic heterocycles. The van der Waals surface area contributed by atoms with E-state index >= 15 is 0 Å². The number of fused-ring (bicyclic) bond motifs is 1. The number of hydrogen-bond donors (Lipinski definition) is 1. The molecule has 0 fully saturated rings. The van der Waals surface area contributed by atoms with Gasteiger partial charge in [0, 0.05) is 0 Å². The van der Waals surface area contributed by atoms with Crippen LogP contribution in [0.25, 0.3) is 11.1 Å². The summed E-state index contributed by atoms with van der Waals surface area (Å²) in [6, 6.07) is 7.87. The van der Waals surface area contributed by atoms with Crippen LogP contribution in [-0.4, -0.2) is 12.5 Å². The Labute approximate surface area is 83.4 Å². The zero-order valence-electron chi connectivity index (χ0n) is 8.24. The first-order valence-electron chi connectivity index (χ1n) is 4.40. The standard InChI is InChI=1S/C7H6.C4H6N2O/c1-5-6-3-2-4-7(5)6;1-4(2-5)6-3-7/h2-4H,1H3;3-4H,1H3,(H,6,7). The van der Waals surface area contributed by atoms with Crippen LogP contribution in [0.2, 0.25) is 0 Å². The summed E-state index contributed by atoms with van der Waals surface area (Å²) in [6.07, 6.45) is 0.508. The number of benzene rings is 1. The second-order valence-corrected chi connectivity index (χ2v) is 3.11. The first-order valence-corrected chi connectivity index (χ1v) is 4.40. The number of carbonyl (C=O) groups excluding carboxylic acids is 1. The van der Waals surface area contributed by atoms with E-state index in [1.54, 1.807) is 6.92 Å². The lowest BCUT2D eigenvalue weighted by Crippen LogP contribution is -2.21. The predicted octanol–water partition coefficient (Wildman–Crippen LogP) is 1.62. The number of nitrogens with one attached hydrogen (secondary N) is 1. The molecule has 2 aliphatic rings. The summed E-state index contributed by atoms with van der Waals surface area (Å²) in [6.45, 7) is 3.76. The Hall–Kier alpha value is -1.82. The highest BCUT2D eigenvalue weighted by Gasteiger charge is 2.17. The normalized spacial score (nSPS) is 11.5. The van der Waals surface area contributed by atoms with Gasteiger partial charge in [0.15, 0.2) is 0 Å². The number of rotatable bonds is 2. The number of nitrogens with zero attached hydrogens (tertiary/aromatic N) is 1. The Morgan fingerprint density at radius 3 is 2.29 bits per heavy atom. The smallest absolute Gasteiger partial charge is 0.208 e. The lowest BCUT2D eigenvalue weighted by Gasteiger charge is -1.93. The Morgan fingerprint density at radius 2 is 2.07 bits per heavy atom. The minimum Gasteiger partial charge on any atom is -0.343 e. The summed E-state index contributed by atoms with van der Waals surface area (Å²) in [5, 5.41) is 10.2. The van der Waals surface area contributed by atoms with Gasteiger partial charge in [0.1, 0.15) is 6.04 Å². The molecule has 3 nitrogen and oxygen atoms in total. The maximum Gasteiger partial charge on any atom is 0.208 e. The molecule has 1 amide bonds. The third-order valence-corrected chi connectivity index (χ3v) is 2.07. The molecule has 0 aliphatic heterocycles. The molecule has 2 rings (SSSR count). The molecule has 0 heterocycles. The van der Waals surface area contributed by atoms with Crippen molar-refractivity contribution < 1.29 is 4.79 Å². The molecule has 1 unspecified atom stereocenters. The first kappa shape index (κ1) is 10.3. The highest BCUT2D eigenvalue weighted by molar-refractivity contribution is 5.88. The fraction of sp³-hybridized carbons (Fsp3) is 0.273. The number of carbonyl (C=O) groups is 1. The molecule has 2 aliphatic carbocycles. The van der Waals surface area contributed by atoms with Crippen LogP contribution in [0.15, 0.2) is 18.2 Å². The van der Waals surface area contributed by atoms with Crippen molar-refractivity contribution >= 4 is 6.41 Å². The molecule has 0 aromatic carbocycles. The fourth-order valence-electron chi connectivity index (χ4n) is 1.13. The molecular formula is C11H12N2O. The van der Waals surface area contributed by atoms with Crippen molar-refractivity contribution in [1.82, 2.24) is 5.32 Å². The van der Waals surface area contributed by atoms with Crippen molar-refractivity contribution in [2.45, 2.75) is 19.9 Å². The summed E-state index contributed by atoms with van der Waals surface area (Å²) in [5.41, 5.74) is 4.43. The van der Waals surface area contributed by atoms with E-state index in [0.29, 0.717) is 6.41 Å². The Bertz CT molecular complexity index is 359. The fourth-order valence-corrected chi connectivity index (χ4v) is 1.13. The van der Waals surface area contributed by atoms with Crippen LogP contribution in [0.1, 0.15) is 12.5 Å². The molecule has 0 bridgehead atoms. The summed E-state index contributed by atoms with van der Waals surface area (Å²) in [7, 11) is 0. The summed E-state index contributed by atoms with van der Waals surface area (Å²) in [5.74, 6) is 0. The Balaban J connectivity index is 0.000000140. The minimum absolute atomic E-state index is 0.363. The molecule has 0 aromatic rings. The van der Waals surface area contributed by atoms with Crippen LogP contribution in [0, 0.1) is 18.3 Å². The second-order valence-electron chi connectivity index (χ2n) is 3.11. The number of amides is 1. The molecule has 72 valence electrons. The van der Waals surface area contributed by atoms with Gasteiger partial charge in [-0.05, 0) is 30.5 Å². The van der Waals surface area contributed by atoms with E-state index in [-0.39, 0.29) is 6.04 Å². The molecular weight excluding hydrogens is 176 g/mol. The minimum atomic E-state index is -0.363. The highest BCUT2D eigenvalue weighted by atomic mass is 16.1. The van der Waals surface area contributed by atoms with Crippen molar-refractivity contribution in [3.8, 4) is 17.2 Å². The van der Waals surface area contributed by atoms with Crippen LogP contribution in [-0.2, 0) is 4.79 Å². The molecule has 0 radical (unpaired) electrons. The molecule has 0 spiro atoms. The van der Waals surface area contributed by atoms with Crippen LogP contribution >= 0.6 is 0 Å². The number of aryl methyl sites for hydroxylation is 1. The lowest BCUT2D eigenvalue weighted by atomic mass is 10.4. The van der Waals surface area contributed by atoms with Crippen LogP contribution < -0.4 is 5.32 Å². The van der Waals surface area contributed by atoms with E-state index in [0.717, 1.165) is 0 Å². The zero-order valence-corrected chi connectivity index (χ0v) is 8.24. The average molecular weight is 188 g/mol. The molecule has 1 N–H and O–H groups in total. The van der Waals surface area contributed by atoms with E-state index in [1.165, 1.54) is 16.7 Å². The predicted molar refractivity (Wildman–Crippen MR) is 54.4 cm³/mol. The van der Waals surface area contributed by atoms with Gasteiger partial charge in [-0.15, -0.1) is 0 Å². The van der Waals surface area contributed by atoms with Crippen LogP contribution in [0.4, 0.5) is 0 Å². The molecule has 1 atom stereocenters. The third-order valence-electron chi connectivity index (χ3n) is 2.07. The summed E-state index contributed by atoms with van der Waals surface area (Å²) in [4.78, 5) is 9.51. The van der Waals surface area contributed by atoms with E-state index in [9.17, 15) is 4.79 Å². The molecule has 3 heteroatoms. The first-order chi connectivity index (χ1) is 6.70. The van der Waals surface area contributed by atoms with Gasteiger partial charge >= 0.3 is 0 Å². The second kappa shape index (κ2) is 4.43. The summed E-state index contributed by atoms with van der Waals surface area (Å²) >= 11 is 0. The Kier molecular flexibility index (Phi) is 3.24. The molecule has 14 heavy (non-hydrogen) atoms. The van der Waals surface area contributed by atoms with Gasteiger partial charge in [-0.25, -0.2) is 0 Å². The largest absolute Gasteiger partial charge is 0.343 e. The van der Waals surface area contributed by atoms with Gasteiger partial charge in [-0.2, -0.15) is 5.26 Å². The monoisotopic (exact) mass is 188 g/mol. The Morgan fingerprint density at radius 1 is 1.50 bits per heavy atom.